The summed E-state index contributed by atoms with van der Waals surface area (Å²) in [6.07, 6.45) is 1.57. The maximum absolute atomic E-state index is 8.72. The average Bonchev–Trinajstić information content (AvgIpc) is 2.32. The third-order valence-corrected chi connectivity index (χ3v) is 3.23. The smallest absolute Gasteiger partial charge is 0.159 e. The molecule has 17 heavy (non-hydrogen) atoms. The third kappa shape index (κ3) is 2.53. The number of rotatable bonds is 1. The van der Waals surface area contributed by atoms with Crippen molar-refractivity contribution in [1.29, 1.82) is 5.26 Å². The van der Waals surface area contributed by atoms with Crippen molar-refractivity contribution in [1.82, 2.24) is 4.98 Å². The fourth-order valence-electron chi connectivity index (χ4n) is 1.35. The number of hydrogen-bond acceptors (Lipinski definition) is 2. The van der Waals surface area contributed by atoms with Crippen LogP contribution in [0.3, 0.4) is 0 Å². The summed E-state index contributed by atoms with van der Waals surface area (Å²) in [5.41, 5.74) is 1.83. The zero-order valence-corrected chi connectivity index (χ0v) is 10.7. The Morgan fingerprint density at radius 2 is 1.65 bits per heavy atom. The van der Waals surface area contributed by atoms with Crippen molar-refractivity contribution >= 4 is 34.8 Å². The van der Waals surface area contributed by atoms with Crippen molar-refractivity contribution < 1.29 is 0 Å². The van der Waals surface area contributed by atoms with E-state index in [1.807, 2.05) is 12.1 Å². The van der Waals surface area contributed by atoms with Gasteiger partial charge in [-0.2, -0.15) is 5.26 Å². The maximum atomic E-state index is 8.72. The molecule has 0 saturated heterocycles. The molecule has 2 rings (SSSR count). The Kier molecular flexibility index (Phi) is 3.54. The molecule has 0 aliphatic rings. The number of nitriles is 1. The fraction of sp³-hybridized carbons (Fsp3) is 0. The molecule has 0 N–H and O–H groups in total. The monoisotopic (exact) mass is 282 g/mol. The zero-order valence-electron chi connectivity index (χ0n) is 8.42. The lowest BCUT2D eigenvalue weighted by molar-refractivity contribution is 1.26. The standard InChI is InChI=1S/C12H5Cl3N2/c13-9-2-1-7(3-10(9)14)8-4-11(15)12(5-16)17-6-8/h1-4,6H. The van der Waals surface area contributed by atoms with Crippen molar-refractivity contribution in [2.45, 2.75) is 0 Å². The highest BCUT2D eigenvalue weighted by molar-refractivity contribution is 6.42. The summed E-state index contributed by atoms with van der Waals surface area (Å²) < 4.78 is 0. The molecule has 2 nitrogen and oxygen atoms in total. The number of halogens is 3. The molecule has 84 valence electrons. The van der Waals surface area contributed by atoms with Crippen LogP contribution in [0.4, 0.5) is 0 Å². The third-order valence-electron chi connectivity index (χ3n) is 2.20. The Morgan fingerprint density at radius 3 is 2.24 bits per heavy atom. The van der Waals surface area contributed by atoms with Crippen molar-refractivity contribution in [2.24, 2.45) is 0 Å². The summed E-state index contributed by atoms with van der Waals surface area (Å²) in [4.78, 5) is 3.96. The minimum Gasteiger partial charge on any atom is -0.243 e. The SMILES string of the molecule is N#Cc1ncc(-c2ccc(Cl)c(Cl)c2)cc1Cl. The first-order chi connectivity index (χ1) is 8.11. The van der Waals surface area contributed by atoms with Gasteiger partial charge in [0.15, 0.2) is 5.69 Å². The van der Waals surface area contributed by atoms with Crippen molar-refractivity contribution in [3.8, 4) is 17.2 Å². The Balaban J connectivity index is 2.50. The van der Waals surface area contributed by atoms with Gasteiger partial charge in [0, 0.05) is 11.8 Å². The Hall–Kier alpha value is -1.27. The van der Waals surface area contributed by atoms with Crippen molar-refractivity contribution in [3.63, 3.8) is 0 Å². The topological polar surface area (TPSA) is 36.7 Å². The van der Waals surface area contributed by atoms with Gasteiger partial charge in [0.2, 0.25) is 0 Å². The Labute approximate surface area is 113 Å². The van der Waals surface area contributed by atoms with Gasteiger partial charge in [-0.25, -0.2) is 4.98 Å². The van der Waals surface area contributed by atoms with E-state index in [9.17, 15) is 0 Å². The number of nitrogens with zero attached hydrogens (tertiary/aromatic N) is 2. The summed E-state index contributed by atoms with van der Waals surface area (Å²) in [5.74, 6) is 0. The van der Waals surface area contributed by atoms with Crippen LogP contribution in [0, 0.1) is 11.3 Å². The van der Waals surface area contributed by atoms with E-state index in [2.05, 4.69) is 4.98 Å². The van der Waals surface area contributed by atoms with Crippen LogP contribution in [0.25, 0.3) is 11.1 Å². The van der Waals surface area contributed by atoms with Gasteiger partial charge in [-0.05, 0) is 23.8 Å². The van der Waals surface area contributed by atoms with Crippen LogP contribution in [-0.2, 0) is 0 Å². The first kappa shape index (κ1) is 12.2. The van der Waals surface area contributed by atoms with E-state index in [0.717, 1.165) is 11.1 Å². The molecule has 1 aromatic carbocycles. The van der Waals surface area contributed by atoms with E-state index in [-0.39, 0.29) is 5.69 Å². The number of hydrogen-bond donors (Lipinski definition) is 0. The molecule has 0 atom stereocenters. The number of pyridine rings is 1. The van der Waals surface area contributed by atoms with Gasteiger partial charge >= 0.3 is 0 Å². The summed E-state index contributed by atoms with van der Waals surface area (Å²) in [5, 5.41) is 9.99. The summed E-state index contributed by atoms with van der Waals surface area (Å²) in [6, 6.07) is 8.82. The molecule has 0 aliphatic carbocycles. The normalized spacial score (nSPS) is 10.0. The van der Waals surface area contributed by atoms with Crippen LogP contribution in [0.2, 0.25) is 15.1 Å². The summed E-state index contributed by atoms with van der Waals surface area (Å²) in [6.45, 7) is 0. The molecule has 1 heterocycles. The summed E-state index contributed by atoms with van der Waals surface area (Å²) in [7, 11) is 0. The predicted molar refractivity (Wildman–Crippen MR) is 69.4 cm³/mol. The van der Waals surface area contributed by atoms with Gasteiger partial charge in [-0.3, -0.25) is 0 Å². The molecule has 1 aromatic heterocycles. The predicted octanol–water partition coefficient (Wildman–Crippen LogP) is 4.58. The van der Waals surface area contributed by atoms with E-state index in [4.69, 9.17) is 40.1 Å². The first-order valence-electron chi connectivity index (χ1n) is 4.63. The molecule has 0 amide bonds. The lowest BCUT2D eigenvalue weighted by atomic mass is 10.1. The van der Waals surface area contributed by atoms with Crippen molar-refractivity contribution in [2.75, 3.05) is 0 Å². The van der Waals surface area contributed by atoms with Crippen LogP contribution in [0.1, 0.15) is 5.69 Å². The van der Waals surface area contributed by atoms with Crippen LogP contribution in [0.15, 0.2) is 30.5 Å². The lowest BCUT2D eigenvalue weighted by Gasteiger charge is -2.04. The van der Waals surface area contributed by atoms with Crippen LogP contribution >= 0.6 is 34.8 Å². The quantitative estimate of drug-likeness (QED) is 0.768. The Morgan fingerprint density at radius 1 is 0.941 bits per heavy atom. The molecule has 2 aromatic rings. The van der Waals surface area contributed by atoms with E-state index < -0.39 is 0 Å². The molecule has 0 spiro atoms. The van der Waals surface area contributed by atoms with Gasteiger partial charge in [0.25, 0.3) is 0 Å². The second-order valence-corrected chi connectivity index (χ2v) is 4.52. The highest BCUT2D eigenvalue weighted by Gasteiger charge is 2.06. The van der Waals surface area contributed by atoms with Crippen LogP contribution in [0.5, 0.6) is 0 Å². The fourth-order valence-corrected chi connectivity index (χ4v) is 1.86. The molecule has 0 saturated carbocycles. The van der Waals surface area contributed by atoms with Gasteiger partial charge in [-0.1, -0.05) is 40.9 Å². The minimum absolute atomic E-state index is 0.204. The van der Waals surface area contributed by atoms with Gasteiger partial charge in [0.05, 0.1) is 15.1 Å². The van der Waals surface area contributed by atoms with Gasteiger partial charge < -0.3 is 0 Å². The average molecular weight is 284 g/mol. The molecular formula is C12H5Cl3N2. The van der Waals surface area contributed by atoms with E-state index in [0.29, 0.717) is 15.1 Å². The van der Waals surface area contributed by atoms with Crippen molar-refractivity contribution in [3.05, 3.63) is 51.2 Å². The largest absolute Gasteiger partial charge is 0.243 e. The molecular weight excluding hydrogens is 279 g/mol. The molecule has 0 radical (unpaired) electrons. The molecule has 0 bridgehead atoms. The highest BCUT2D eigenvalue weighted by Crippen LogP contribution is 2.29. The Bertz CT molecular complexity index is 618. The number of benzene rings is 1. The second-order valence-electron chi connectivity index (χ2n) is 3.30. The van der Waals surface area contributed by atoms with E-state index >= 15 is 0 Å². The maximum Gasteiger partial charge on any atom is 0.159 e. The lowest BCUT2D eigenvalue weighted by Crippen LogP contribution is -1.86. The highest BCUT2D eigenvalue weighted by atomic mass is 35.5. The molecule has 0 aliphatic heterocycles. The molecule has 0 fully saturated rings. The molecule has 5 heteroatoms. The molecule has 0 unspecified atom stereocenters. The number of aromatic nitrogens is 1. The van der Waals surface area contributed by atoms with Crippen LogP contribution < -0.4 is 0 Å². The van der Waals surface area contributed by atoms with Gasteiger partial charge in [-0.15, -0.1) is 0 Å². The minimum atomic E-state index is 0.204. The first-order valence-corrected chi connectivity index (χ1v) is 5.76. The second kappa shape index (κ2) is 4.93. The van der Waals surface area contributed by atoms with Gasteiger partial charge in [0.1, 0.15) is 6.07 Å². The zero-order chi connectivity index (χ0) is 12.4. The summed E-state index contributed by atoms with van der Waals surface area (Å²) >= 11 is 17.7. The van der Waals surface area contributed by atoms with E-state index in [1.54, 1.807) is 24.4 Å². The van der Waals surface area contributed by atoms with Crippen LogP contribution in [-0.4, -0.2) is 4.98 Å². The van der Waals surface area contributed by atoms with E-state index in [1.165, 1.54) is 0 Å².